The molecular weight excluding hydrogens is 294 g/mol. The Kier molecular flexibility index (Phi) is 5.95. The van der Waals surface area contributed by atoms with Crippen molar-refractivity contribution in [3.05, 3.63) is 29.6 Å². The van der Waals surface area contributed by atoms with Crippen molar-refractivity contribution in [1.29, 1.82) is 0 Å². The number of ether oxygens (including phenoxy) is 1. The molecule has 1 rings (SSSR count). The van der Waals surface area contributed by atoms with Crippen molar-refractivity contribution in [2.45, 2.75) is 25.6 Å². The molecule has 118 valence electrons. The van der Waals surface area contributed by atoms with E-state index in [0.717, 1.165) is 6.07 Å². The van der Waals surface area contributed by atoms with Crippen LogP contribution in [0.5, 0.6) is 0 Å². The monoisotopic (exact) mass is 309 g/mol. The highest BCUT2D eigenvalue weighted by Crippen LogP contribution is 2.32. The van der Waals surface area contributed by atoms with Gasteiger partial charge in [-0.3, -0.25) is 4.79 Å². The number of aliphatic hydroxyl groups excluding tert-OH is 1. The number of carbonyl (C=O) groups excluding carboxylic acids is 1. The van der Waals surface area contributed by atoms with Crippen molar-refractivity contribution in [1.82, 2.24) is 0 Å². The van der Waals surface area contributed by atoms with Crippen molar-refractivity contribution in [2.75, 3.05) is 18.5 Å². The lowest BCUT2D eigenvalue weighted by atomic mass is 10.1. The molecular formula is C13H15F4NO3. The van der Waals surface area contributed by atoms with Gasteiger partial charge in [-0.05, 0) is 25.1 Å². The average Bonchev–Trinajstić information content (AvgIpc) is 2.36. The van der Waals surface area contributed by atoms with E-state index in [-0.39, 0.29) is 25.3 Å². The maximum absolute atomic E-state index is 13.1. The molecule has 0 aromatic heterocycles. The molecule has 1 atom stereocenters. The fraction of sp³-hybridized carbons (Fsp3) is 0.462. The molecule has 0 bridgehead atoms. The van der Waals surface area contributed by atoms with Crippen LogP contribution in [0, 0.1) is 5.82 Å². The maximum atomic E-state index is 13.1. The first-order valence-electron chi connectivity index (χ1n) is 6.18. The zero-order valence-electron chi connectivity index (χ0n) is 11.2. The number of esters is 1. The fourth-order valence-corrected chi connectivity index (χ4v) is 1.57. The summed E-state index contributed by atoms with van der Waals surface area (Å²) in [5.41, 5.74) is -1.40. The van der Waals surface area contributed by atoms with Gasteiger partial charge in [0, 0.05) is 12.2 Å². The van der Waals surface area contributed by atoms with Crippen LogP contribution in [0.1, 0.15) is 18.9 Å². The number of alkyl halides is 3. The second-order valence-electron chi connectivity index (χ2n) is 4.24. The van der Waals surface area contributed by atoms with Crippen molar-refractivity contribution in [3.8, 4) is 0 Å². The standard InChI is InChI=1S/C13H15F4NO3/c1-2-21-12(20)6-9(19)7-18-8-3-4-11(14)10(5-8)13(15,16)17/h3-5,9,18-19H,2,6-7H2,1H3. The molecule has 0 saturated carbocycles. The fourth-order valence-electron chi connectivity index (χ4n) is 1.57. The summed E-state index contributed by atoms with van der Waals surface area (Å²) < 4.78 is 55.2. The van der Waals surface area contributed by atoms with Crippen LogP contribution in [-0.2, 0) is 15.7 Å². The molecule has 0 radical (unpaired) electrons. The van der Waals surface area contributed by atoms with Gasteiger partial charge >= 0.3 is 12.1 Å². The van der Waals surface area contributed by atoms with Crippen LogP contribution in [0.2, 0.25) is 0 Å². The third-order valence-electron chi connectivity index (χ3n) is 2.52. The minimum atomic E-state index is -4.80. The van der Waals surface area contributed by atoms with Crippen LogP contribution in [-0.4, -0.2) is 30.3 Å². The summed E-state index contributed by atoms with van der Waals surface area (Å²) in [7, 11) is 0. The number of nitrogens with one attached hydrogen (secondary N) is 1. The summed E-state index contributed by atoms with van der Waals surface area (Å²) in [6.45, 7) is 1.62. The van der Waals surface area contributed by atoms with Gasteiger partial charge in [0.1, 0.15) is 5.82 Å². The number of hydrogen-bond acceptors (Lipinski definition) is 4. The zero-order valence-corrected chi connectivity index (χ0v) is 11.2. The normalized spacial score (nSPS) is 12.9. The number of halogens is 4. The third-order valence-corrected chi connectivity index (χ3v) is 2.52. The minimum Gasteiger partial charge on any atom is -0.466 e. The molecule has 1 unspecified atom stereocenters. The van der Waals surface area contributed by atoms with Gasteiger partial charge in [0.15, 0.2) is 0 Å². The Morgan fingerprint density at radius 2 is 2.10 bits per heavy atom. The Bertz CT molecular complexity index is 491. The topological polar surface area (TPSA) is 58.6 Å². The van der Waals surface area contributed by atoms with Gasteiger partial charge in [0.2, 0.25) is 0 Å². The van der Waals surface area contributed by atoms with E-state index in [1.165, 1.54) is 0 Å². The molecule has 0 aliphatic rings. The summed E-state index contributed by atoms with van der Waals surface area (Å²) in [4.78, 5) is 11.1. The van der Waals surface area contributed by atoms with Crippen molar-refractivity contribution >= 4 is 11.7 Å². The van der Waals surface area contributed by atoms with Crippen molar-refractivity contribution < 1.29 is 32.2 Å². The van der Waals surface area contributed by atoms with Crippen LogP contribution < -0.4 is 5.32 Å². The lowest BCUT2D eigenvalue weighted by molar-refractivity contribution is -0.145. The first-order chi connectivity index (χ1) is 9.74. The highest BCUT2D eigenvalue weighted by Gasteiger charge is 2.34. The first kappa shape index (κ1) is 17.2. The second-order valence-corrected chi connectivity index (χ2v) is 4.24. The summed E-state index contributed by atoms with van der Waals surface area (Å²) in [6.07, 6.45) is -6.21. The molecule has 0 heterocycles. The van der Waals surface area contributed by atoms with Crippen molar-refractivity contribution in [2.24, 2.45) is 0 Å². The summed E-state index contributed by atoms with van der Waals surface area (Å²) in [5, 5.41) is 12.0. The summed E-state index contributed by atoms with van der Waals surface area (Å²) >= 11 is 0. The van der Waals surface area contributed by atoms with E-state index in [4.69, 9.17) is 0 Å². The van der Waals surface area contributed by atoms with Crippen LogP contribution in [0.25, 0.3) is 0 Å². The number of benzene rings is 1. The Morgan fingerprint density at radius 3 is 2.67 bits per heavy atom. The molecule has 0 saturated heterocycles. The van der Waals surface area contributed by atoms with E-state index in [1.54, 1.807) is 6.92 Å². The SMILES string of the molecule is CCOC(=O)CC(O)CNc1ccc(F)c(C(F)(F)F)c1. The molecule has 1 aromatic rings. The van der Waals surface area contributed by atoms with Gasteiger partial charge in [-0.2, -0.15) is 13.2 Å². The van der Waals surface area contributed by atoms with Crippen LogP contribution in [0.3, 0.4) is 0 Å². The summed E-state index contributed by atoms with van der Waals surface area (Å²) in [5.74, 6) is -1.98. The molecule has 4 nitrogen and oxygen atoms in total. The minimum absolute atomic E-state index is 0.00775. The molecule has 8 heteroatoms. The van der Waals surface area contributed by atoms with E-state index in [1.807, 2.05) is 0 Å². The summed E-state index contributed by atoms with van der Waals surface area (Å²) in [6, 6.07) is 2.40. The van der Waals surface area contributed by atoms with Crippen LogP contribution in [0.4, 0.5) is 23.2 Å². The van der Waals surface area contributed by atoms with Crippen LogP contribution in [0.15, 0.2) is 18.2 Å². The van der Waals surface area contributed by atoms with Gasteiger partial charge in [-0.15, -0.1) is 0 Å². The molecule has 21 heavy (non-hydrogen) atoms. The highest BCUT2D eigenvalue weighted by molar-refractivity contribution is 5.70. The Balaban J connectivity index is 2.62. The number of carbonyl (C=O) groups is 1. The van der Waals surface area contributed by atoms with E-state index in [9.17, 15) is 27.5 Å². The average molecular weight is 309 g/mol. The van der Waals surface area contributed by atoms with E-state index in [2.05, 4.69) is 10.1 Å². The maximum Gasteiger partial charge on any atom is 0.419 e. The van der Waals surface area contributed by atoms with Gasteiger partial charge in [-0.1, -0.05) is 0 Å². The smallest absolute Gasteiger partial charge is 0.419 e. The molecule has 0 amide bonds. The molecule has 2 N–H and O–H groups in total. The van der Waals surface area contributed by atoms with Gasteiger partial charge in [0.25, 0.3) is 0 Å². The quantitative estimate of drug-likeness (QED) is 0.626. The Morgan fingerprint density at radius 1 is 1.43 bits per heavy atom. The zero-order chi connectivity index (χ0) is 16.0. The molecule has 1 aromatic carbocycles. The second kappa shape index (κ2) is 7.26. The van der Waals surface area contributed by atoms with E-state index >= 15 is 0 Å². The largest absolute Gasteiger partial charge is 0.466 e. The van der Waals surface area contributed by atoms with Crippen LogP contribution >= 0.6 is 0 Å². The molecule has 0 fully saturated rings. The molecule has 0 aliphatic carbocycles. The predicted molar refractivity (Wildman–Crippen MR) is 67.1 cm³/mol. The molecule has 0 spiro atoms. The van der Waals surface area contributed by atoms with E-state index < -0.39 is 29.6 Å². The highest BCUT2D eigenvalue weighted by atomic mass is 19.4. The predicted octanol–water partition coefficient (Wildman–Crippen LogP) is 2.57. The number of aliphatic hydroxyl groups is 1. The third kappa shape index (κ3) is 5.58. The molecule has 0 aliphatic heterocycles. The Hall–Kier alpha value is -1.83. The van der Waals surface area contributed by atoms with E-state index in [0.29, 0.717) is 12.1 Å². The van der Waals surface area contributed by atoms with Gasteiger partial charge in [0.05, 0.1) is 24.7 Å². The van der Waals surface area contributed by atoms with Gasteiger partial charge < -0.3 is 15.2 Å². The van der Waals surface area contributed by atoms with Crippen molar-refractivity contribution in [3.63, 3.8) is 0 Å². The lowest BCUT2D eigenvalue weighted by Gasteiger charge is -2.14. The number of anilines is 1. The van der Waals surface area contributed by atoms with Gasteiger partial charge in [-0.25, -0.2) is 4.39 Å². The number of hydrogen-bond donors (Lipinski definition) is 2. The first-order valence-corrected chi connectivity index (χ1v) is 6.18. The number of rotatable bonds is 6. The Labute approximate surface area is 118 Å². The lowest BCUT2D eigenvalue weighted by Crippen LogP contribution is -2.24.